The number of aliphatic hydroxyl groups excluding tert-OH is 1. The van der Waals surface area contributed by atoms with Gasteiger partial charge in [-0.2, -0.15) is 0 Å². The maximum atomic E-state index is 9.38. The van der Waals surface area contributed by atoms with Gasteiger partial charge in [0.2, 0.25) is 0 Å². The molecule has 2 aliphatic rings. The molecular formula is C14H18BrNO3. The maximum absolute atomic E-state index is 9.38. The monoisotopic (exact) mass is 327 g/mol. The first-order chi connectivity index (χ1) is 9.28. The van der Waals surface area contributed by atoms with Crippen LogP contribution in [0.4, 0.5) is 0 Å². The van der Waals surface area contributed by atoms with Crippen molar-refractivity contribution < 1.29 is 14.6 Å². The van der Waals surface area contributed by atoms with Gasteiger partial charge in [-0.15, -0.1) is 0 Å². The molecule has 4 nitrogen and oxygen atoms in total. The minimum absolute atomic E-state index is 0.238. The molecule has 3 rings (SSSR count). The molecule has 1 N–H and O–H groups in total. The zero-order chi connectivity index (χ0) is 13.2. The highest BCUT2D eigenvalue weighted by molar-refractivity contribution is 9.10. The normalized spacial score (nSPS) is 22.7. The molecule has 1 saturated heterocycles. The van der Waals surface area contributed by atoms with Gasteiger partial charge in [0.1, 0.15) is 13.2 Å². The minimum atomic E-state index is 0.238. The third-order valence-corrected chi connectivity index (χ3v) is 4.53. The molecule has 0 amide bonds. The van der Waals surface area contributed by atoms with Crippen LogP contribution in [0.2, 0.25) is 0 Å². The van der Waals surface area contributed by atoms with E-state index in [1.165, 1.54) is 5.56 Å². The fourth-order valence-electron chi connectivity index (χ4n) is 2.76. The van der Waals surface area contributed by atoms with Gasteiger partial charge in [-0.05, 0) is 37.1 Å². The molecule has 1 aromatic carbocycles. The number of nitrogens with zero attached hydrogens (tertiary/aromatic N) is 1. The Morgan fingerprint density at radius 2 is 2.00 bits per heavy atom. The van der Waals surface area contributed by atoms with Crippen LogP contribution in [0, 0.1) is 0 Å². The number of likely N-dealkylation sites (tertiary alicyclic amines) is 1. The van der Waals surface area contributed by atoms with Gasteiger partial charge >= 0.3 is 0 Å². The van der Waals surface area contributed by atoms with E-state index in [2.05, 4.69) is 20.8 Å². The van der Waals surface area contributed by atoms with Gasteiger partial charge in [-0.25, -0.2) is 0 Å². The van der Waals surface area contributed by atoms with Crippen molar-refractivity contribution in [3.63, 3.8) is 0 Å². The van der Waals surface area contributed by atoms with E-state index in [9.17, 15) is 5.11 Å². The lowest BCUT2D eigenvalue weighted by atomic mass is 10.1. The number of rotatable bonds is 3. The zero-order valence-electron chi connectivity index (χ0n) is 10.8. The summed E-state index contributed by atoms with van der Waals surface area (Å²) in [6.45, 7) is 3.34. The van der Waals surface area contributed by atoms with E-state index < -0.39 is 0 Å². The van der Waals surface area contributed by atoms with Gasteiger partial charge in [0, 0.05) is 17.1 Å². The maximum Gasteiger partial charge on any atom is 0.162 e. The van der Waals surface area contributed by atoms with Crippen molar-refractivity contribution in [2.24, 2.45) is 0 Å². The Balaban J connectivity index is 1.80. The molecule has 0 saturated carbocycles. The third-order valence-electron chi connectivity index (χ3n) is 3.79. The second-order valence-electron chi connectivity index (χ2n) is 5.04. The second-order valence-corrected chi connectivity index (χ2v) is 5.89. The molecule has 5 heteroatoms. The highest BCUT2D eigenvalue weighted by Gasteiger charge is 2.25. The lowest BCUT2D eigenvalue weighted by Crippen LogP contribution is -2.31. The summed E-state index contributed by atoms with van der Waals surface area (Å²) < 4.78 is 12.2. The molecule has 0 unspecified atom stereocenters. The van der Waals surface area contributed by atoms with Crippen LogP contribution in [0.3, 0.4) is 0 Å². The first kappa shape index (κ1) is 13.2. The Morgan fingerprint density at radius 3 is 2.74 bits per heavy atom. The summed E-state index contributed by atoms with van der Waals surface area (Å²) in [6, 6.07) is 4.32. The molecule has 0 spiro atoms. The van der Waals surface area contributed by atoms with Gasteiger partial charge in [0.15, 0.2) is 11.5 Å². The quantitative estimate of drug-likeness (QED) is 0.924. The van der Waals surface area contributed by atoms with E-state index in [0.717, 1.165) is 41.9 Å². The summed E-state index contributed by atoms with van der Waals surface area (Å²) in [7, 11) is 0. The second kappa shape index (κ2) is 5.69. The van der Waals surface area contributed by atoms with Crippen LogP contribution in [0.5, 0.6) is 11.5 Å². The Morgan fingerprint density at radius 1 is 1.26 bits per heavy atom. The van der Waals surface area contributed by atoms with E-state index in [4.69, 9.17) is 9.47 Å². The van der Waals surface area contributed by atoms with Crippen LogP contribution < -0.4 is 9.47 Å². The molecule has 0 radical (unpaired) electrons. The van der Waals surface area contributed by atoms with E-state index in [1.807, 2.05) is 12.1 Å². The number of ether oxygens (including phenoxy) is 2. The van der Waals surface area contributed by atoms with Crippen LogP contribution in [-0.2, 0) is 6.54 Å². The fraction of sp³-hybridized carbons (Fsp3) is 0.571. The highest BCUT2D eigenvalue weighted by Crippen LogP contribution is 2.36. The Hall–Kier alpha value is -0.780. The van der Waals surface area contributed by atoms with E-state index in [0.29, 0.717) is 19.3 Å². The van der Waals surface area contributed by atoms with E-state index >= 15 is 0 Å². The van der Waals surface area contributed by atoms with E-state index in [-0.39, 0.29) is 6.61 Å². The number of benzene rings is 1. The summed E-state index contributed by atoms with van der Waals surface area (Å²) in [6.07, 6.45) is 2.24. The predicted molar refractivity (Wildman–Crippen MR) is 75.6 cm³/mol. The largest absolute Gasteiger partial charge is 0.486 e. The average molecular weight is 328 g/mol. The van der Waals surface area contributed by atoms with Gasteiger partial charge in [-0.1, -0.05) is 15.9 Å². The van der Waals surface area contributed by atoms with Crippen LogP contribution >= 0.6 is 15.9 Å². The summed E-state index contributed by atoms with van der Waals surface area (Å²) >= 11 is 3.60. The van der Waals surface area contributed by atoms with Gasteiger partial charge in [0.25, 0.3) is 0 Å². The Kier molecular flexibility index (Phi) is 3.96. The number of fused-ring (bicyclic) bond motifs is 1. The van der Waals surface area contributed by atoms with Crippen LogP contribution in [-0.4, -0.2) is 42.4 Å². The lowest BCUT2D eigenvalue weighted by Gasteiger charge is -2.25. The summed E-state index contributed by atoms with van der Waals surface area (Å²) in [5, 5.41) is 9.38. The van der Waals surface area contributed by atoms with Crippen molar-refractivity contribution in [2.45, 2.75) is 25.4 Å². The Bertz CT molecular complexity index is 466. The predicted octanol–water partition coefficient (Wildman–Crippen LogP) is 2.18. The van der Waals surface area contributed by atoms with Crippen LogP contribution in [0.25, 0.3) is 0 Å². The smallest absolute Gasteiger partial charge is 0.162 e. The zero-order valence-corrected chi connectivity index (χ0v) is 12.4. The van der Waals surface area contributed by atoms with Crippen LogP contribution in [0.1, 0.15) is 18.4 Å². The first-order valence-corrected chi connectivity index (χ1v) is 7.50. The van der Waals surface area contributed by atoms with Crippen LogP contribution in [0.15, 0.2) is 16.6 Å². The molecule has 1 aromatic rings. The molecule has 2 aliphatic heterocycles. The fourth-order valence-corrected chi connectivity index (χ4v) is 3.20. The number of hydrogen-bond acceptors (Lipinski definition) is 4. The van der Waals surface area contributed by atoms with Crippen molar-refractivity contribution >= 4 is 15.9 Å². The van der Waals surface area contributed by atoms with E-state index in [1.54, 1.807) is 0 Å². The van der Waals surface area contributed by atoms with Crippen molar-refractivity contribution in [3.8, 4) is 11.5 Å². The molecular weight excluding hydrogens is 310 g/mol. The summed E-state index contributed by atoms with van der Waals surface area (Å²) in [5.41, 5.74) is 1.18. The van der Waals surface area contributed by atoms with Gasteiger partial charge < -0.3 is 14.6 Å². The molecule has 0 aromatic heterocycles. The van der Waals surface area contributed by atoms with Crippen molar-refractivity contribution in [2.75, 3.05) is 26.4 Å². The van der Waals surface area contributed by atoms with Crippen molar-refractivity contribution in [3.05, 3.63) is 22.2 Å². The SMILES string of the molecule is OC[C@H]1CCCN1Cc1cc2c(cc1Br)OCCO2. The van der Waals surface area contributed by atoms with Crippen molar-refractivity contribution in [1.82, 2.24) is 4.90 Å². The standard InChI is InChI=1S/C14H18BrNO3/c15-12-7-14-13(18-4-5-19-14)6-10(12)8-16-3-1-2-11(16)9-17/h6-7,11,17H,1-5,8-9H2/t11-/m1/s1. The molecule has 0 bridgehead atoms. The summed E-state index contributed by atoms with van der Waals surface area (Å²) in [4.78, 5) is 2.33. The first-order valence-electron chi connectivity index (χ1n) is 6.71. The molecule has 1 fully saturated rings. The average Bonchev–Trinajstić information content (AvgIpc) is 2.87. The molecule has 104 valence electrons. The molecule has 1 atom stereocenters. The Labute approximate surface area is 121 Å². The molecule has 0 aliphatic carbocycles. The highest BCUT2D eigenvalue weighted by atomic mass is 79.9. The van der Waals surface area contributed by atoms with Gasteiger partial charge in [-0.3, -0.25) is 4.90 Å². The lowest BCUT2D eigenvalue weighted by molar-refractivity contribution is 0.152. The number of hydrogen-bond donors (Lipinski definition) is 1. The number of aliphatic hydroxyl groups is 1. The third kappa shape index (κ3) is 2.73. The van der Waals surface area contributed by atoms with Gasteiger partial charge in [0.05, 0.1) is 6.61 Å². The topological polar surface area (TPSA) is 41.9 Å². The molecule has 2 heterocycles. The van der Waals surface area contributed by atoms with Crippen molar-refractivity contribution in [1.29, 1.82) is 0 Å². The minimum Gasteiger partial charge on any atom is -0.486 e. The molecule has 19 heavy (non-hydrogen) atoms. The number of halogens is 1. The summed E-state index contributed by atoms with van der Waals surface area (Å²) in [5.74, 6) is 1.63.